The van der Waals surface area contributed by atoms with E-state index in [-0.39, 0.29) is 24.0 Å². The van der Waals surface area contributed by atoms with Crippen LogP contribution in [0.5, 0.6) is 5.75 Å². The quantitative estimate of drug-likeness (QED) is 0.300. The lowest BCUT2D eigenvalue weighted by molar-refractivity contribution is 0.414. The molecule has 2 N–H and O–H groups in total. The summed E-state index contributed by atoms with van der Waals surface area (Å²) in [5, 5.41) is 6.67. The zero-order chi connectivity index (χ0) is 16.3. The summed E-state index contributed by atoms with van der Waals surface area (Å²) in [7, 11) is 3.47. The Morgan fingerprint density at radius 1 is 0.958 bits per heavy atom. The van der Waals surface area contributed by atoms with Crippen molar-refractivity contribution in [2.75, 3.05) is 20.7 Å². The molecular formula is C19H26IN3O. The lowest BCUT2D eigenvalue weighted by Crippen LogP contribution is -2.37. The van der Waals surface area contributed by atoms with Gasteiger partial charge in [-0.3, -0.25) is 4.99 Å². The van der Waals surface area contributed by atoms with Crippen LogP contribution in [0.1, 0.15) is 17.5 Å². The smallest absolute Gasteiger partial charge is 0.191 e. The summed E-state index contributed by atoms with van der Waals surface area (Å²) in [5.41, 5.74) is 2.56. The highest BCUT2D eigenvalue weighted by Crippen LogP contribution is 2.10. The van der Waals surface area contributed by atoms with Crippen LogP contribution in [0.25, 0.3) is 0 Å². The van der Waals surface area contributed by atoms with E-state index in [1.54, 1.807) is 14.2 Å². The summed E-state index contributed by atoms with van der Waals surface area (Å²) in [6.07, 6.45) is 2.15. The van der Waals surface area contributed by atoms with Crippen molar-refractivity contribution in [3.05, 3.63) is 65.7 Å². The number of hydrogen-bond donors (Lipinski definition) is 2. The summed E-state index contributed by atoms with van der Waals surface area (Å²) in [5.74, 6) is 1.70. The molecular weight excluding hydrogens is 413 g/mol. The number of ether oxygens (including phenoxy) is 1. The van der Waals surface area contributed by atoms with Gasteiger partial charge < -0.3 is 15.4 Å². The fourth-order valence-electron chi connectivity index (χ4n) is 2.29. The topological polar surface area (TPSA) is 45.7 Å². The van der Waals surface area contributed by atoms with Crippen LogP contribution >= 0.6 is 24.0 Å². The predicted molar refractivity (Wildman–Crippen MR) is 111 cm³/mol. The molecule has 0 fully saturated rings. The minimum atomic E-state index is 0. The van der Waals surface area contributed by atoms with Gasteiger partial charge in [0.25, 0.3) is 0 Å². The van der Waals surface area contributed by atoms with E-state index in [4.69, 9.17) is 4.74 Å². The zero-order valence-corrected chi connectivity index (χ0v) is 16.6. The Kier molecular flexibility index (Phi) is 9.91. The van der Waals surface area contributed by atoms with E-state index in [9.17, 15) is 0 Å². The number of nitrogens with zero attached hydrogens (tertiary/aromatic N) is 1. The van der Waals surface area contributed by atoms with E-state index in [1.165, 1.54) is 11.1 Å². The average molecular weight is 439 g/mol. The molecule has 4 nitrogen and oxygen atoms in total. The summed E-state index contributed by atoms with van der Waals surface area (Å²) < 4.78 is 5.16. The lowest BCUT2D eigenvalue weighted by Gasteiger charge is -2.12. The summed E-state index contributed by atoms with van der Waals surface area (Å²) in [6, 6.07) is 18.6. The van der Waals surface area contributed by atoms with Gasteiger partial charge in [0.15, 0.2) is 5.96 Å². The third kappa shape index (κ3) is 7.21. The van der Waals surface area contributed by atoms with Gasteiger partial charge in [0.2, 0.25) is 0 Å². The maximum absolute atomic E-state index is 5.16. The molecule has 0 amide bonds. The van der Waals surface area contributed by atoms with Crippen LogP contribution in [0.15, 0.2) is 59.6 Å². The van der Waals surface area contributed by atoms with Crippen molar-refractivity contribution in [1.82, 2.24) is 10.6 Å². The Morgan fingerprint density at radius 2 is 1.67 bits per heavy atom. The molecule has 2 aromatic carbocycles. The maximum atomic E-state index is 5.16. The highest BCUT2D eigenvalue weighted by molar-refractivity contribution is 14.0. The molecule has 0 spiro atoms. The van der Waals surface area contributed by atoms with E-state index in [2.05, 4.69) is 52.0 Å². The number of rotatable bonds is 7. The third-order valence-corrected chi connectivity index (χ3v) is 3.62. The van der Waals surface area contributed by atoms with Crippen molar-refractivity contribution in [3.63, 3.8) is 0 Å². The first-order valence-electron chi connectivity index (χ1n) is 7.93. The van der Waals surface area contributed by atoms with E-state index < -0.39 is 0 Å². The van der Waals surface area contributed by atoms with E-state index in [0.29, 0.717) is 0 Å². The molecule has 0 atom stereocenters. The van der Waals surface area contributed by atoms with Crippen LogP contribution < -0.4 is 15.4 Å². The fraction of sp³-hybridized carbons (Fsp3) is 0.316. The van der Waals surface area contributed by atoms with Gasteiger partial charge >= 0.3 is 0 Å². The van der Waals surface area contributed by atoms with Gasteiger partial charge in [-0.1, -0.05) is 42.5 Å². The molecule has 0 unspecified atom stereocenters. The summed E-state index contributed by atoms with van der Waals surface area (Å²) in [6.45, 7) is 1.64. The number of nitrogens with one attached hydrogen (secondary N) is 2. The number of aryl methyl sites for hydroxylation is 1. The molecule has 5 heteroatoms. The van der Waals surface area contributed by atoms with Gasteiger partial charge in [-0.05, 0) is 36.1 Å². The van der Waals surface area contributed by atoms with E-state index >= 15 is 0 Å². The highest BCUT2D eigenvalue weighted by Gasteiger charge is 1.99. The van der Waals surface area contributed by atoms with Crippen LogP contribution in [0.3, 0.4) is 0 Å². The van der Waals surface area contributed by atoms with Gasteiger partial charge in [-0.15, -0.1) is 24.0 Å². The fourth-order valence-corrected chi connectivity index (χ4v) is 2.29. The van der Waals surface area contributed by atoms with Gasteiger partial charge in [0, 0.05) is 20.1 Å². The first-order chi connectivity index (χ1) is 11.3. The second-order valence-corrected chi connectivity index (χ2v) is 5.29. The van der Waals surface area contributed by atoms with Crippen molar-refractivity contribution < 1.29 is 4.74 Å². The first kappa shape index (κ1) is 20.3. The van der Waals surface area contributed by atoms with Crippen LogP contribution in [-0.4, -0.2) is 26.7 Å². The highest BCUT2D eigenvalue weighted by atomic mass is 127. The molecule has 24 heavy (non-hydrogen) atoms. The molecule has 0 saturated carbocycles. The molecule has 2 aromatic rings. The molecule has 130 valence electrons. The monoisotopic (exact) mass is 439 g/mol. The Morgan fingerprint density at radius 3 is 2.29 bits per heavy atom. The molecule has 0 aromatic heterocycles. The van der Waals surface area contributed by atoms with Crippen molar-refractivity contribution >= 4 is 29.9 Å². The summed E-state index contributed by atoms with van der Waals surface area (Å²) >= 11 is 0. The largest absolute Gasteiger partial charge is 0.497 e. The molecule has 0 bridgehead atoms. The van der Waals surface area contributed by atoms with E-state index in [0.717, 1.165) is 37.6 Å². The Balaban J connectivity index is 0.00000288. The lowest BCUT2D eigenvalue weighted by atomic mass is 10.1. The molecule has 0 saturated heterocycles. The Bertz CT molecular complexity index is 600. The zero-order valence-electron chi connectivity index (χ0n) is 14.3. The SMILES string of the molecule is CN=C(NCCCc1ccccc1)NCc1ccc(OC)cc1.I. The predicted octanol–water partition coefficient (Wildman–Crippen LogP) is 3.61. The minimum Gasteiger partial charge on any atom is -0.497 e. The van der Waals surface area contributed by atoms with Crippen LogP contribution in [0.4, 0.5) is 0 Å². The number of benzene rings is 2. The van der Waals surface area contributed by atoms with Crippen molar-refractivity contribution in [2.24, 2.45) is 4.99 Å². The van der Waals surface area contributed by atoms with Crippen molar-refractivity contribution in [1.29, 1.82) is 0 Å². The molecule has 0 radical (unpaired) electrons. The molecule has 0 aliphatic carbocycles. The number of halogens is 1. The van der Waals surface area contributed by atoms with Gasteiger partial charge in [-0.2, -0.15) is 0 Å². The van der Waals surface area contributed by atoms with Crippen molar-refractivity contribution in [3.8, 4) is 5.75 Å². The second kappa shape index (κ2) is 11.7. The van der Waals surface area contributed by atoms with Gasteiger partial charge in [0.1, 0.15) is 5.75 Å². The Labute approximate surface area is 161 Å². The maximum Gasteiger partial charge on any atom is 0.191 e. The second-order valence-electron chi connectivity index (χ2n) is 5.29. The standard InChI is InChI=1S/C19H25N3O.HI/c1-20-19(21-14-6-9-16-7-4-3-5-8-16)22-15-17-10-12-18(23-2)13-11-17;/h3-5,7-8,10-13H,6,9,14-15H2,1-2H3,(H2,20,21,22);1H. The molecule has 0 heterocycles. The molecule has 0 aliphatic heterocycles. The van der Waals surface area contributed by atoms with Crippen LogP contribution in [0, 0.1) is 0 Å². The van der Waals surface area contributed by atoms with Crippen LogP contribution in [-0.2, 0) is 13.0 Å². The first-order valence-corrected chi connectivity index (χ1v) is 7.93. The van der Waals surface area contributed by atoms with Gasteiger partial charge in [-0.25, -0.2) is 0 Å². The number of guanidine groups is 1. The molecule has 0 aliphatic rings. The van der Waals surface area contributed by atoms with Gasteiger partial charge in [0.05, 0.1) is 7.11 Å². The van der Waals surface area contributed by atoms with Crippen LogP contribution in [0.2, 0.25) is 0 Å². The number of aliphatic imine (C=N–C) groups is 1. The number of methoxy groups -OCH3 is 1. The van der Waals surface area contributed by atoms with Crippen molar-refractivity contribution in [2.45, 2.75) is 19.4 Å². The van der Waals surface area contributed by atoms with E-state index in [1.807, 2.05) is 18.2 Å². The molecule has 2 rings (SSSR count). The summed E-state index contributed by atoms with van der Waals surface area (Å²) in [4.78, 5) is 4.25. The Hall–Kier alpha value is -1.76. The third-order valence-electron chi connectivity index (χ3n) is 3.62. The average Bonchev–Trinajstić information content (AvgIpc) is 2.62. The minimum absolute atomic E-state index is 0. The number of hydrogen-bond acceptors (Lipinski definition) is 2. The normalized spacial score (nSPS) is 10.7.